The third-order valence-electron chi connectivity index (χ3n) is 6.39. The second kappa shape index (κ2) is 13.6. The second-order valence-electron chi connectivity index (χ2n) is 9.01. The van der Waals surface area contributed by atoms with E-state index in [4.69, 9.17) is 0 Å². The summed E-state index contributed by atoms with van der Waals surface area (Å²) in [6, 6.07) is 7.54. The van der Waals surface area contributed by atoms with Crippen molar-refractivity contribution in [1.82, 2.24) is 20.4 Å². The monoisotopic (exact) mass is 474 g/mol. The van der Waals surface area contributed by atoms with Gasteiger partial charge in [-0.3, -0.25) is 19.3 Å². The number of thioether (sulfide) groups is 1. The molecule has 3 amide bonds. The van der Waals surface area contributed by atoms with Crippen LogP contribution in [-0.2, 0) is 9.59 Å². The standard InChI is InChI=1S/C25H38N4O3S/c1-2-12-26-23(30)18-28-13-15-29(16-14-28)25(32)21-10-6-7-11-22(21)33-19-24(31)27-17-20-8-4-3-5-9-20/h6-7,10-11,20H,2-5,8-9,12-19H2,1H3,(H,26,30)(H,27,31). The lowest BCUT2D eigenvalue weighted by atomic mass is 9.89. The molecule has 182 valence electrons. The molecule has 0 aromatic heterocycles. The summed E-state index contributed by atoms with van der Waals surface area (Å²) in [7, 11) is 0. The lowest BCUT2D eigenvalue weighted by Crippen LogP contribution is -2.51. The summed E-state index contributed by atoms with van der Waals surface area (Å²) < 4.78 is 0. The maximum Gasteiger partial charge on any atom is 0.255 e. The van der Waals surface area contributed by atoms with Crippen LogP contribution in [0.25, 0.3) is 0 Å². The van der Waals surface area contributed by atoms with Crippen molar-refractivity contribution < 1.29 is 14.4 Å². The van der Waals surface area contributed by atoms with Crippen molar-refractivity contribution in [3.8, 4) is 0 Å². The molecule has 1 aliphatic heterocycles. The largest absolute Gasteiger partial charge is 0.355 e. The molecule has 2 aliphatic rings. The average molecular weight is 475 g/mol. The molecule has 1 aromatic rings. The highest BCUT2D eigenvalue weighted by molar-refractivity contribution is 8.00. The molecule has 33 heavy (non-hydrogen) atoms. The number of rotatable bonds is 10. The van der Waals surface area contributed by atoms with Gasteiger partial charge < -0.3 is 15.5 Å². The molecule has 0 spiro atoms. The highest BCUT2D eigenvalue weighted by Crippen LogP contribution is 2.25. The molecule has 0 unspecified atom stereocenters. The van der Waals surface area contributed by atoms with Gasteiger partial charge in [0.05, 0.1) is 17.9 Å². The maximum atomic E-state index is 13.2. The summed E-state index contributed by atoms with van der Waals surface area (Å²) >= 11 is 1.43. The number of hydrogen-bond donors (Lipinski definition) is 2. The number of carbonyl (C=O) groups excluding carboxylic acids is 3. The Morgan fingerprint density at radius 3 is 2.42 bits per heavy atom. The van der Waals surface area contributed by atoms with Crippen LogP contribution in [0, 0.1) is 5.92 Å². The van der Waals surface area contributed by atoms with E-state index in [9.17, 15) is 14.4 Å². The average Bonchev–Trinajstić information content (AvgIpc) is 2.86. The Morgan fingerprint density at radius 1 is 0.970 bits per heavy atom. The minimum absolute atomic E-state index is 0.00389. The van der Waals surface area contributed by atoms with Gasteiger partial charge in [-0.25, -0.2) is 0 Å². The summed E-state index contributed by atoms with van der Waals surface area (Å²) in [5, 5.41) is 5.98. The topological polar surface area (TPSA) is 81.8 Å². The van der Waals surface area contributed by atoms with E-state index in [-0.39, 0.29) is 17.7 Å². The van der Waals surface area contributed by atoms with Gasteiger partial charge in [0.15, 0.2) is 0 Å². The number of benzene rings is 1. The van der Waals surface area contributed by atoms with Gasteiger partial charge >= 0.3 is 0 Å². The van der Waals surface area contributed by atoms with E-state index in [1.165, 1.54) is 43.9 Å². The van der Waals surface area contributed by atoms with Crippen LogP contribution < -0.4 is 10.6 Å². The Kier molecular flexibility index (Phi) is 10.5. The fourth-order valence-electron chi connectivity index (χ4n) is 4.42. The first-order valence-electron chi connectivity index (χ1n) is 12.3. The van der Waals surface area contributed by atoms with Crippen LogP contribution in [-0.4, -0.2) is 79.1 Å². The third-order valence-corrected chi connectivity index (χ3v) is 7.46. The Hall–Kier alpha value is -2.06. The van der Waals surface area contributed by atoms with E-state index in [0.717, 1.165) is 17.9 Å². The van der Waals surface area contributed by atoms with Crippen molar-refractivity contribution in [2.75, 3.05) is 51.6 Å². The van der Waals surface area contributed by atoms with Crippen molar-refractivity contribution in [1.29, 1.82) is 0 Å². The van der Waals surface area contributed by atoms with Crippen molar-refractivity contribution in [3.63, 3.8) is 0 Å². The van der Waals surface area contributed by atoms with Gasteiger partial charge in [-0.15, -0.1) is 11.8 Å². The smallest absolute Gasteiger partial charge is 0.255 e. The fraction of sp³-hybridized carbons (Fsp3) is 0.640. The van der Waals surface area contributed by atoms with Crippen LogP contribution in [0.3, 0.4) is 0 Å². The molecule has 2 fully saturated rings. The number of hydrogen-bond acceptors (Lipinski definition) is 5. The number of nitrogens with zero attached hydrogens (tertiary/aromatic N) is 2. The first-order valence-corrected chi connectivity index (χ1v) is 13.3. The van der Waals surface area contributed by atoms with E-state index in [1.54, 1.807) is 0 Å². The van der Waals surface area contributed by atoms with Crippen molar-refractivity contribution in [2.45, 2.75) is 50.3 Å². The van der Waals surface area contributed by atoms with Gasteiger partial charge in [0, 0.05) is 44.2 Å². The summed E-state index contributed by atoms with van der Waals surface area (Å²) in [5.41, 5.74) is 0.650. The van der Waals surface area contributed by atoms with Gasteiger partial charge in [-0.1, -0.05) is 38.3 Å². The lowest BCUT2D eigenvalue weighted by molar-refractivity contribution is -0.122. The van der Waals surface area contributed by atoms with Gasteiger partial charge in [-0.2, -0.15) is 0 Å². The van der Waals surface area contributed by atoms with Gasteiger partial charge in [0.2, 0.25) is 11.8 Å². The Morgan fingerprint density at radius 2 is 1.70 bits per heavy atom. The van der Waals surface area contributed by atoms with Gasteiger partial charge in [-0.05, 0) is 37.3 Å². The van der Waals surface area contributed by atoms with Crippen LogP contribution in [0.5, 0.6) is 0 Å². The molecular weight excluding hydrogens is 436 g/mol. The van der Waals surface area contributed by atoms with Crippen LogP contribution in [0.15, 0.2) is 29.2 Å². The van der Waals surface area contributed by atoms with Crippen molar-refractivity contribution in [3.05, 3.63) is 29.8 Å². The summed E-state index contributed by atoms with van der Waals surface area (Å²) in [5.74, 6) is 0.995. The van der Waals surface area contributed by atoms with E-state index in [2.05, 4.69) is 15.5 Å². The SMILES string of the molecule is CCCNC(=O)CN1CCN(C(=O)c2ccccc2SCC(=O)NCC2CCCCC2)CC1. The van der Waals surface area contributed by atoms with Gasteiger partial charge in [0.25, 0.3) is 5.91 Å². The van der Waals surface area contributed by atoms with Crippen LogP contribution in [0.1, 0.15) is 55.8 Å². The van der Waals surface area contributed by atoms with E-state index < -0.39 is 0 Å². The normalized spacial score (nSPS) is 17.5. The molecule has 0 atom stereocenters. The minimum Gasteiger partial charge on any atom is -0.355 e. The fourth-order valence-corrected chi connectivity index (χ4v) is 5.29. The van der Waals surface area contributed by atoms with E-state index in [0.29, 0.717) is 56.5 Å². The maximum absolute atomic E-state index is 13.2. The number of nitrogens with one attached hydrogen (secondary N) is 2. The Bertz CT molecular complexity index is 790. The molecule has 1 aliphatic carbocycles. The zero-order valence-corrected chi connectivity index (χ0v) is 20.6. The second-order valence-corrected chi connectivity index (χ2v) is 10.0. The van der Waals surface area contributed by atoms with E-state index in [1.807, 2.05) is 36.1 Å². The van der Waals surface area contributed by atoms with Crippen LogP contribution in [0.2, 0.25) is 0 Å². The summed E-state index contributed by atoms with van der Waals surface area (Å²) in [6.07, 6.45) is 7.20. The lowest BCUT2D eigenvalue weighted by Gasteiger charge is -2.34. The zero-order valence-electron chi connectivity index (χ0n) is 19.8. The zero-order chi connectivity index (χ0) is 23.5. The molecular formula is C25H38N4O3S. The van der Waals surface area contributed by atoms with Crippen molar-refractivity contribution in [2.24, 2.45) is 5.92 Å². The molecule has 0 bridgehead atoms. The number of amides is 3. The van der Waals surface area contributed by atoms with Crippen molar-refractivity contribution >= 4 is 29.5 Å². The molecule has 1 saturated carbocycles. The quantitative estimate of drug-likeness (QED) is 0.510. The Balaban J connectivity index is 1.45. The molecule has 1 aromatic carbocycles. The third kappa shape index (κ3) is 8.34. The number of carbonyl (C=O) groups is 3. The van der Waals surface area contributed by atoms with E-state index >= 15 is 0 Å². The summed E-state index contributed by atoms with van der Waals surface area (Å²) in [4.78, 5) is 42.3. The summed E-state index contributed by atoms with van der Waals surface area (Å²) in [6.45, 7) is 6.44. The molecule has 0 radical (unpaired) electrons. The first-order chi connectivity index (χ1) is 16.1. The molecule has 2 N–H and O–H groups in total. The molecule has 3 rings (SSSR count). The Labute approximate surface area is 202 Å². The highest BCUT2D eigenvalue weighted by atomic mass is 32.2. The molecule has 1 saturated heterocycles. The van der Waals surface area contributed by atoms with Crippen LogP contribution in [0.4, 0.5) is 0 Å². The predicted octanol–water partition coefficient (Wildman–Crippen LogP) is 2.76. The highest BCUT2D eigenvalue weighted by Gasteiger charge is 2.25. The molecule has 8 heteroatoms. The molecule has 1 heterocycles. The van der Waals surface area contributed by atoms with Gasteiger partial charge in [0.1, 0.15) is 0 Å². The van der Waals surface area contributed by atoms with Crippen LogP contribution >= 0.6 is 11.8 Å². The molecule has 7 nitrogen and oxygen atoms in total. The minimum atomic E-state index is -0.00389. The first kappa shape index (κ1) is 25.6. The number of piperazine rings is 1. The predicted molar refractivity (Wildman–Crippen MR) is 132 cm³/mol.